The molecule has 14 atom stereocenters. The van der Waals surface area contributed by atoms with Crippen LogP contribution in [-0.4, -0.2) is 97.7 Å². The third kappa shape index (κ3) is 4.56. The van der Waals surface area contributed by atoms with Crippen LogP contribution in [0, 0.1) is 44.8 Å². The van der Waals surface area contributed by atoms with Gasteiger partial charge >= 0.3 is 11.9 Å². The molecular weight excluding hydrogens is 608 g/mol. The maximum Gasteiger partial charge on any atom is 0.315 e. The normalized spacial score (nSPS) is 51.1. The quantitative estimate of drug-likeness (QED) is 0.169. The van der Waals surface area contributed by atoms with Gasteiger partial charge < -0.3 is 45.2 Å². The molecule has 5 aliphatic carbocycles. The molecule has 6 rings (SSSR count). The minimum Gasteiger partial charge on any atom is -0.481 e. The monoisotopic (exact) mass is 662 g/mol. The van der Waals surface area contributed by atoms with Gasteiger partial charge in [-0.1, -0.05) is 38.0 Å². The molecule has 0 spiro atoms. The summed E-state index contributed by atoms with van der Waals surface area (Å²) in [7, 11) is 0. The molecule has 14 unspecified atom stereocenters. The van der Waals surface area contributed by atoms with E-state index in [4.69, 9.17) is 9.47 Å². The van der Waals surface area contributed by atoms with Crippen LogP contribution in [0.25, 0.3) is 0 Å². The van der Waals surface area contributed by atoms with Crippen molar-refractivity contribution >= 4 is 11.9 Å². The number of aliphatic hydroxyl groups excluding tert-OH is 6. The fourth-order valence-electron chi connectivity index (χ4n) is 11.9. The summed E-state index contributed by atoms with van der Waals surface area (Å²) in [5.74, 6) is -1.92. The van der Waals surface area contributed by atoms with Gasteiger partial charge in [0.1, 0.15) is 24.4 Å². The van der Waals surface area contributed by atoms with Crippen LogP contribution in [0.5, 0.6) is 0 Å². The average molecular weight is 663 g/mol. The number of carbonyl (C=O) groups is 2. The summed E-state index contributed by atoms with van der Waals surface area (Å²) < 4.78 is 11.4. The van der Waals surface area contributed by atoms with E-state index in [1.54, 1.807) is 6.92 Å². The highest BCUT2D eigenvalue weighted by Crippen LogP contribution is 2.75. The molecule has 1 aliphatic heterocycles. The Bertz CT molecular complexity index is 1360. The van der Waals surface area contributed by atoms with Crippen molar-refractivity contribution in [3.8, 4) is 0 Å². The van der Waals surface area contributed by atoms with Crippen LogP contribution in [-0.2, 0) is 19.1 Å². The Kier molecular flexibility index (Phi) is 8.64. The minimum absolute atomic E-state index is 0.125. The molecule has 11 nitrogen and oxygen atoms in total. The van der Waals surface area contributed by atoms with E-state index >= 15 is 0 Å². The summed E-state index contributed by atoms with van der Waals surface area (Å²) in [6.07, 6.45) is -0.938. The summed E-state index contributed by atoms with van der Waals surface area (Å²) in [4.78, 5) is 27.1. The number of aliphatic carboxylic acids is 1. The zero-order valence-corrected chi connectivity index (χ0v) is 28.3. The first-order chi connectivity index (χ1) is 22.0. The fraction of sp³-hybridized carbons (Fsp3) is 0.833. The molecule has 0 aromatic heterocycles. The lowest BCUT2D eigenvalue weighted by atomic mass is 9.33. The predicted molar refractivity (Wildman–Crippen MR) is 168 cm³/mol. The average Bonchev–Trinajstić information content (AvgIpc) is 3.03. The lowest BCUT2D eigenvalue weighted by molar-refractivity contribution is -0.296. The number of carboxylic acid groups (broad SMARTS) is 1. The summed E-state index contributed by atoms with van der Waals surface area (Å²) in [6.45, 7) is 9.79. The van der Waals surface area contributed by atoms with Gasteiger partial charge in [0.05, 0.1) is 30.1 Å². The van der Waals surface area contributed by atoms with Gasteiger partial charge in [0, 0.05) is 5.92 Å². The number of aliphatic hydroxyl groups is 6. The van der Waals surface area contributed by atoms with Crippen molar-refractivity contribution in [3.63, 3.8) is 0 Å². The molecule has 1 saturated heterocycles. The van der Waals surface area contributed by atoms with Crippen LogP contribution < -0.4 is 0 Å². The molecule has 4 fully saturated rings. The number of carboxylic acids is 1. The Labute approximate surface area is 276 Å². The number of ether oxygens (including phenoxy) is 2. The molecular formula is C36H54O11. The van der Waals surface area contributed by atoms with E-state index < -0.39 is 66.2 Å². The Morgan fingerprint density at radius 1 is 0.915 bits per heavy atom. The Morgan fingerprint density at radius 2 is 1.62 bits per heavy atom. The maximum atomic E-state index is 14.4. The molecule has 0 radical (unpaired) electrons. The summed E-state index contributed by atoms with van der Waals surface area (Å²) >= 11 is 0. The molecule has 7 N–H and O–H groups in total. The van der Waals surface area contributed by atoms with E-state index in [1.807, 2.05) is 6.92 Å². The standard InChI is InChI=1S/C36H54O11/c1-18-19(16-37)8-13-36(31(45)47-29-28(42)27(41)26(40)21(17-38)46-29)15-14-33(3)20(25(18)36)6-7-22-32(2)11-10-24(39)35(5,30(43)44)23(32)9-12-34(22,33)4/h6,21-29,37-42H,7-17H2,1-5H3,(H,43,44). The highest BCUT2D eigenvalue weighted by Gasteiger charge is 2.71. The molecule has 0 bridgehead atoms. The number of allylic oxidation sites excluding steroid dienone is 3. The van der Waals surface area contributed by atoms with Gasteiger partial charge in [0.15, 0.2) is 0 Å². The van der Waals surface area contributed by atoms with Gasteiger partial charge in [-0.2, -0.15) is 0 Å². The largest absolute Gasteiger partial charge is 0.481 e. The van der Waals surface area contributed by atoms with Crippen molar-refractivity contribution < 1.29 is 54.8 Å². The minimum atomic E-state index is -1.70. The number of fused-ring (bicyclic) bond motifs is 7. The Morgan fingerprint density at radius 3 is 2.26 bits per heavy atom. The van der Waals surface area contributed by atoms with Crippen LogP contribution in [0.4, 0.5) is 0 Å². The van der Waals surface area contributed by atoms with Gasteiger partial charge in [-0.15, -0.1) is 0 Å². The molecule has 1 heterocycles. The van der Waals surface area contributed by atoms with Gasteiger partial charge in [-0.25, -0.2) is 0 Å². The number of esters is 1. The molecule has 6 aliphatic rings. The third-order valence-corrected chi connectivity index (χ3v) is 15.1. The highest BCUT2D eigenvalue weighted by molar-refractivity contribution is 5.80. The smallest absolute Gasteiger partial charge is 0.315 e. The lowest BCUT2D eigenvalue weighted by Crippen LogP contribution is -2.66. The van der Waals surface area contributed by atoms with Crippen molar-refractivity contribution in [2.75, 3.05) is 13.2 Å². The second kappa shape index (κ2) is 11.6. The zero-order valence-electron chi connectivity index (χ0n) is 28.3. The first-order valence-electron chi connectivity index (χ1n) is 17.4. The van der Waals surface area contributed by atoms with Crippen LogP contribution in [0.3, 0.4) is 0 Å². The Hall–Kier alpha value is -1.86. The Balaban J connectivity index is 1.39. The molecule has 11 heteroatoms. The SMILES string of the molecule is CC1=C(CO)CCC2(C(=O)OC3OC(CO)C(O)C(O)C3O)CCC3(C)C(=CCC4C5(C)CCC(O)C(C)(C(=O)O)C5CCC43C)C12. The maximum absolute atomic E-state index is 14.4. The van der Waals surface area contributed by atoms with Crippen molar-refractivity contribution in [2.24, 2.45) is 44.8 Å². The van der Waals surface area contributed by atoms with E-state index in [1.165, 1.54) is 0 Å². The summed E-state index contributed by atoms with van der Waals surface area (Å²) in [5, 5.41) is 72.8. The zero-order chi connectivity index (χ0) is 34.5. The topological polar surface area (TPSA) is 194 Å². The van der Waals surface area contributed by atoms with Gasteiger partial charge in [-0.3, -0.25) is 9.59 Å². The van der Waals surface area contributed by atoms with Crippen LogP contribution in [0.1, 0.15) is 92.4 Å². The lowest BCUT2D eigenvalue weighted by Gasteiger charge is -2.70. The first-order valence-corrected chi connectivity index (χ1v) is 17.4. The van der Waals surface area contributed by atoms with E-state index in [9.17, 15) is 45.3 Å². The second-order valence-electron chi connectivity index (χ2n) is 16.6. The molecule has 0 aromatic rings. The third-order valence-electron chi connectivity index (χ3n) is 15.1. The van der Waals surface area contributed by atoms with Crippen molar-refractivity contribution in [3.05, 3.63) is 22.8 Å². The van der Waals surface area contributed by atoms with Crippen LogP contribution >= 0.6 is 0 Å². The molecule has 264 valence electrons. The van der Waals surface area contributed by atoms with Crippen molar-refractivity contribution in [1.29, 1.82) is 0 Å². The molecule has 3 saturated carbocycles. The van der Waals surface area contributed by atoms with E-state index in [0.29, 0.717) is 44.9 Å². The van der Waals surface area contributed by atoms with Gasteiger partial charge in [0.2, 0.25) is 6.29 Å². The number of hydrogen-bond donors (Lipinski definition) is 7. The van der Waals surface area contributed by atoms with E-state index in [2.05, 4.69) is 26.8 Å². The van der Waals surface area contributed by atoms with Crippen molar-refractivity contribution in [1.82, 2.24) is 0 Å². The van der Waals surface area contributed by atoms with Crippen LogP contribution in [0.2, 0.25) is 0 Å². The highest BCUT2D eigenvalue weighted by atomic mass is 16.7. The summed E-state index contributed by atoms with van der Waals surface area (Å²) in [6, 6.07) is 0. The van der Waals surface area contributed by atoms with E-state index in [-0.39, 0.29) is 40.6 Å². The number of carbonyl (C=O) groups excluding carboxylic acids is 1. The van der Waals surface area contributed by atoms with Crippen molar-refractivity contribution in [2.45, 2.75) is 129 Å². The number of rotatable bonds is 5. The molecule has 47 heavy (non-hydrogen) atoms. The van der Waals surface area contributed by atoms with E-state index in [0.717, 1.165) is 29.6 Å². The molecule has 0 aromatic carbocycles. The first kappa shape index (κ1) is 35.0. The summed E-state index contributed by atoms with van der Waals surface area (Å²) in [5.41, 5.74) is -0.183. The van der Waals surface area contributed by atoms with Gasteiger partial charge in [-0.05, 0) is 105 Å². The van der Waals surface area contributed by atoms with Gasteiger partial charge in [0.25, 0.3) is 0 Å². The second-order valence-corrected chi connectivity index (χ2v) is 16.6. The number of hydrogen-bond acceptors (Lipinski definition) is 10. The van der Waals surface area contributed by atoms with Crippen LogP contribution in [0.15, 0.2) is 22.8 Å². The molecule has 0 amide bonds. The predicted octanol–water partition coefficient (Wildman–Crippen LogP) is 2.45. The fourth-order valence-corrected chi connectivity index (χ4v) is 11.9.